The molecule has 0 saturated heterocycles. The molecule has 0 aliphatic heterocycles. The number of aliphatic hydroxyl groups excluding tert-OH is 2. The predicted octanol–water partition coefficient (Wildman–Crippen LogP) is 16.7. The number of unbranched alkanes of at least 4 members (excludes halogenated alkanes) is 41. The number of hydrogen-bond acceptors (Lipinski definition) is 5. The second-order valence-corrected chi connectivity index (χ2v) is 19.3. The van der Waals surface area contributed by atoms with E-state index < -0.39 is 12.1 Å². The number of esters is 1. The van der Waals surface area contributed by atoms with Crippen molar-refractivity contribution in [3.05, 3.63) is 0 Å². The van der Waals surface area contributed by atoms with Gasteiger partial charge in [0.1, 0.15) is 0 Å². The number of rotatable bonds is 52. The van der Waals surface area contributed by atoms with Crippen molar-refractivity contribution in [3.63, 3.8) is 0 Å². The number of amides is 1. The number of aliphatic hydroxyl groups is 2. The van der Waals surface area contributed by atoms with Crippen LogP contribution < -0.4 is 5.32 Å². The summed E-state index contributed by atoms with van der Waals surface area (Å²) in [5.74, 6) is -0.0278. The highest BCUT2D eigenvalue weighted by molar-refractivity contribution is 5.76. The normalized spacial score (nSPS) is 12.5. The molecule has 1 amide bonds. The van der Waals surface area contributed by atoms with E-state index in [-0.39, 0.29) is 18.5 Å². The first kappa shape index (κ1) is 59.9. The maximum Gasteiger partial charge on any atom is 0.305 e. The van der Waals surface area contributed by atoms with Crippen molar-refractivity contribution in [2.75, 3.05) is 13.2 Å². The Kier molecular flexibility index (Phi) is 50.5. The van der Waals surface area contributed by atoms with Crippen molar-refractivity contribution in [3.8, 4) is 0 Å². The van der Waals surface area contributed by atoms with Crippen LogP contribution in [-0.2, 0) is 14.3 Å². The van der Waals surface area contributed by atoms with Gasteiger partial charge < -0.3 is 20.3 Å². The topological polar surface area (TPSA) is 95.9 Å². The smallest absolute Gasteiger partial charge is 0.305 e. The number of carbonyl (C=O) groups is 2. The van der Waals surface area contributed by atoms with E-state index in [4.69, 9.17) is 4.74 Å². The first-order chi connectivity index (χ1) is 30.0. The van der Waals surface area contributed by atoms with Crippen LogP contribution in [0.15, 0.2) is 0 Å². The van der Waals surface area contributed by atoms with E-state index in [1.807, 2.05) is 0 Å². The molecule has 6 nitrogen and oxygen atoms in total. The lowest BCUT2D eigenvalue weighted by Gasteiger charge is -2.22. The third-order valence-electron chi connectivity index (χ3n) is 13.2. The van der Waals surface area contributed by atoms with Gasteiger partial charge in [0, 0.05) is 12.8 Å². The Balaban J connectivity index is 3.38. The van der Waals surface area contributed by atoms with Crippen LogP contribution in [0.5, 0.6) is 0 Å². The summed E-state index contributed by atoms with van der Waals surface area (Å²) in [6.45, 7) is 4.96. The largest absolute Gasteiger partial charge is 0.466 e. The van der Waals surface area contributed by atoms with E-state index in [2.05, 4.69) is 19.2 Å². The van der Waals surface area contributed by atoms with Gasteiger partial charge in [0.15, 0.2) is 0 Å². The molecule has 0 spiro atoms. The number of hydrogen-bond donors (Lipinski definition) is 3. The highest BCUT2D eigenvalue weighted by Gasteiger charge is 2.20. The summed E-state index contributed by atoms with van der Waals surface area (Å²) in [6.07, 6.45) is 58.0. The zero-order valence-corrected chi connectivity index (χ0v) is 41.4. The number of carbonyl (C=O) groups excluding carboxylic acids is 2. The van der Waals surface area contributed by atoms with E-state index >= 15 is 0 Å². The lowest BCUT2D eigenvalue weighted by Crippen LogP contribution is -2.45. The van der Waals surface area contributed by atoms with Gasteiger partial charge in [-0.05, 0) is 25.7 Å². The summed E-state index contributed by atoms with van der Waals surface area (Å²) in [5.41, 5.74) is 0. The van der Waals surface area contributed by atoms with E-state index in [1.165, 1.54) is 244 Å². The molecule has 0 aliphatic carbocycles. The van der Waals surface area contributed by atoms with Crippen LogP contribution in [0.25, 0.3) is 0 Å². The van der Waals surface area contributed by atoms with Crippen LogP contribution >= 0.6 is 0 Å². The van der Waals surface area contributed by atoms with Gasteiger partial charge in [0.25, 0.3) is 0 Å². The van der Waals surface area contributed by atoms with Crippen molar-refractivity contribution in [2.24, 2.45) is 0 Å². The Morgan fingerprint density at radius 1 is 0.393 bits per heavy atom. The molecule has 0 aromatic heterocycles. The Bertz CT molecular complexity index is 867. The Labute approximate surface area is 381 Å². The standard InChI is InChI=1S/C55H109NO5/c1-3-5-7-9-11-13-15-23-27-31-35-39-43-47-53(58)52(51-57)56-54(59)48-44-40-36-32-28-25-21-19-17-18-20-22-26-30-34-38-42-46-50-61-55(60)49-45-41-37-33-29-24-16-14-12-10-8-6-4-2/h52-53,57-58H,3-51H2,1-2H3,(H,56,59). The molecule has 0 bridgehead atoms. The van der Waals surface area contributed by atoms with Crippen molar-refractivity contribution in [1.82, 2.24) is 5.32 Å². The van der Waals surface area contributed by atoms with Gasteiger partial charge in [0.05, 0.1) is 25.4 Å². The molecule has 0 heterocycles. The Morgan fingerprint density at radius 2 is 0.672 bits per heavy atom. The average molecular weight is 864 g/mol. The quantitative estimate of drug-likeness (QED) is 0.0418. The molecule has 0 aromatic carbocycles. The van der Waals surface area contributed by atoms with Crippen LogP contribution in [0.1, 0.15) is 316 Å². The molecule has 0 rings (SSSR count). The predicted molar refractivity (Wildman–Crippen MR) is 264 cm³/mol. The summed E-state index contributed by atoms with van der Waals surface area (Å²) in [6, 6.07) is -0.542. The molecule has 0 fully saturated rings. The first-order valence-corrected chi connectivity index (χ1v) is 27.8. The monoisotopic (exact) mass is 864 g/mol. The fraction of sp³-hybridized carbons (Fsp3) is 0.964. The van der Waals surface area contributed by atoms with Gasteiger partial charge in [-0.3, -0.25) is 9.59 Å². The molecule has 0 saturated carbocycles. The molecule has 0 aromatic rings. The van der Waals surface area contributed by atoms with Crippen molar-refractivity contribution < 1.29 is 24.5 Å². The second-order valence-electron chi connectivity index (χ2n) is 19.3. The molecule has 364 valence electrons. The molecule has 0 radical (unpaired) electrons. The summed E-state index contributed by atoms with van der Waals surface area (Å²) < 4.78 is 5.47. The number of ether oxygens (including phenoxy) is 1. The van der Waals surface area contributed by atoms with E-state index in [0.717, 1.165) is 38.5 Å². The number of nitrogens with one attached hydrogen (secondary N) is 1. The second kappa shape index (κ2) is 51.5. The fourth-order valence-electron chi connectivity index (χ4n) is 8.88. The lowest BCUT2D eigenvalue weighted by atomic mass is 10.0. The van der Waals surface area contributed by atoms with Gasteiger partial charge in [-0.25, -0.2) is 0 Å². The SMILES string of the molecule is CCCCCCCCCCCCCCCC(=O)OCCCCCCCCCCCCCCCCCCCCC(=O)NC(CO)C(O)CCCCCCCCCCCCCCC. The van der Waals surface area contributed by atoms with Gasteiger partial charge in [-0.1, -0.05) is 277 Å². The van der Waals surface area contributed by atoms with Crippen LogP contribution in [0.4, 0.5) is 0 Å². The lowest BCUT2D eigenvalue weighted by molar-refractivity contribution is -0.143. The van der Waals surface area contributed by atoms with Crippen molar-refractivity contribution >= 4 is 11.9 Å². The van der Waals surface area contributed by atoms with Gasteiger partial charge in [-0.15, -0.1) is 0 Å². The first-order valence-electron chi connectivity index (χ1n) is 27.8. The zero-order chi connectivity index (χ0) is 44.4. The minimum Gasteiger partial charge on any atom is -0.466 e. The van der Waals surface area contributed by atoms with Crippen LogP contribution in [0.2, 0.25) is 0 Å². The Morgan fingerprint density at radius 3 is 1.00 bits per heavy atom. The molecule has 2 atom stereocenters. The van der Waals surface area contributed by atoms with Crippen LogP contribution in [0, 0.1) is 0 Å². The highest BCUT2D eigenvalue weighted by Crippen LogP contribution is 2.18. The molecular weight excluding hydrogens is 755 g/mol. The summed E-state index contributed by atoms with van der Waals surface area (Å²) in [5, 5.41) is 23.2. The summed E-state index contributed by atoms with van der Waals surface area (Å²) in [7, 11) is 0. The van der Waals surface area contributed by atoms with Crippen LogP contribution in [0.3, 0.4) is 0 Å². The minimum absolute atomic E-state index is 0.00951. The third kappa shape index (κ3) is 48.2. The highest BCUT2D eigenvalue weighted by atomic mass is 16.5. The Hall–Kier alpha value is -1.14. The van der Waals surface area contributed by atoms with E-state index in [9.17, 15) is 19.8 Å². The van der Waals surface area contributed by atoms with Gasteiger partial charge >= 0.3 is 5.97 Å². The third-order valence-corrected chi connectivity index (χ3v) is 13.2. The van der Waals surface area contributed by atoms with Gasteiger partial charge in [-0.2, -0.15) is 0 Å². The molecule has 3 N–H and O–H groups in total. The van der Waals surface area contributed by atoms with E-state index in [1.54, 1.807) is 0 Å². The van der Waals surface area contributed by atoms with Crippen molar-refractivity contribution in [1.29, 1.82) is 0 Å². The summed E-state index contributed by atoms with van der Waals surface area (Å²) in [4.78, 5) is 24.5. The molecule has 0 aliphatic rings. The minimum atomic E-state index is -0.664. The zero-order valence-electron chi connectivity index (χ0n) is 41.4. The molecular formula is C55H109NO5. The fourth-order valence-corrected chi connectivity index (χ4v) is 8.88. The van der Waals surface area contributed by atoms with Gasteiger partial charge in [0.2, 0.25) is 5.91 Å². The summed E-state index contributed by atoms with van der Waals surface area (Å²) >= 11 is 0. The molecule has 61 heavy (non-hydrogen) atoms. The maximum atomic E-state index is 12.4. The molecule has 2 unspecified atom stereocenters. The maximum absolute atomic E-state index is 12.4. The average Bonchev–Trinajstić information content (AvgIpc) is 3.26. The van der Waals surface area contributed by atoms with Crippen LogP contribution in [-0.4, -0.2) is 47.4 Å². The van der Waals surface area contributed by atoms with Crippen molar-refractivity contribution in [2.45, 2.75) is 328 Å². The molecule has 6 heteroatoms. The van der Waals surface area contributed by atoms with E-state index in [0.29, 0.717) is 25.9 Å².